The Balaban J connectivity index is 1.49. The molecule has 0 bridgehead atoms. The molecule has 1 heterocycles. The zero-order valence-electron chi connectivity index (χ0n) is 21.7. The topological polar surface area (TPSA) is 134 Å². The highest BCUT2D eigenvalue weighted by Gasteiger charge is 2.35. The minimum atomic E-state index is -1.05. The second kappa shape index (κ2) is 12.4. The monoisotopic (exact) mass is 563 g/mol. The van der Waals surface area contributed by atoms with Crippen molar-refractivity contribution < 1.29 is 33.8 Å². The van der Waals surface area contributed by atoms with Gasteiger partial charge in [0.2, 0.25) is 5.91 Å². The number of nitrogens with zero attached hydrogens (tertiary/aromatic N) is 1. The number of urea groups is 1. The van der Waals surface area contributed by atoms with Crippen LogP contribution in [0, 0.1) is 6.92 Å². The molecule has 4 amide bonds. The lowest BCUT2D eigenvalue weighted by Crippen LogP contribution is -2.38. The van der Waals surface area contributed by atoms with Gasteiger partial charge in [0, 0.05) is 5.69 Å². The van der Waals surface area contributed by atoms with Crippen LogP contribution in [0.15, 0.2) is 66.4 Å². The summed E-state index contributed by atoms with van der Waals surface area (Å²) in [6.07, 6.45) is 1.42. The average molecular weight is 564 g/mol. The number of ether oxygens (including phenoxy) is 2. The number of benzene rings is 3. The summed E-state index contributed by atoms with van der Waals surface area (Å²) in [4.78, 5) is 49.9. The third-order valence-electron chi connectivity index (χ3n) is 5.77. The van der Waals surface area contributed by atoms with E-state index in [2.05, 4.69) is 10.6 Å². The van der Waals surface area contributed by atoms with Crippen molar-refractivity contribution in [3.8, 4) is 11.5 Å². The molecule has 40 heavy (non-hydrogen) atoms. The number of carboxylic acids is 1. The molecule has 3 aromatic carbocycles. The summed E-state index contributed by atoms with van der Waals surface area (Å²) in [5.74, 6) is -1.71. The van der Waals surface area contributed by atoms with Crippen molar-refractivity contribution in [1.82, 2.24) is 10.2 Å². The molecule has 0 aliphatic carbocycles. The zero-order valence-corrected chi connectivity index (χ0v) is 22.4. The number of aromatic carboxylic acids is 1. The van der Waals surface area contributed by atoms with Crippen LogP contribution in [0.4, 0.5) is 10.5 Å². The molecule has 3 aromatic rings. The summed E-state index contributed by atoms with van der Waals surface area (Å²) in [7, 11) is 0. The van der Waals surface area contributed by atoms with Gasteiger partial charge in [0.05, 0.1) is 17.2 Å². The lowest BCUT2D eigenvalue weighted by Gasteiger charge is -2.15. The summed E-state index contributed by atoms with van der Waals surface area (Å²) >= 11 is 6.49. The summed E-state index contributed by atoms with van der Waals surface area (Å²) in [5, 5.41) is 14.5. The van der Waals surface area contributed by atoms with Crippen LogP contribution in [-0.2, 0) is 16.2 Å². The number of carboxylic acid groups (broad SMARTS) is 1. The van der Waals surface area contributed by atoms with E-state index < -0.39 is 30.4 Å². The highest BCUT2D eigenvalue weighted by atomic mass is 35.5. The van der Waals surface area contributed by atoms with Crippen LogP contribution in [0.2, 0.25) is 5.02 Å². The van der Waals surface area contributed by atoms with Crippen molar-refractivity contribution in [1.29, 1.82) is 0 Å². The molecule has 0 unspecified atom stereocenters. The number of imide groups is 1. The van der Waals surface area contributed by atoms with Gasteiger partial charge in [-0.3, -0.25) is 9.59 Å². The predicted molar refractivity (Wildman–Crippen MR) is 148 cm³/mol. The Morgan fingerprint density at radius 3 is 2.58 bits per heavy atom. The molecule has 1 aliphatic rings. The van der Waals surface area contributed by atoms with E-state index in [1.165, 1.54) is 24.3 Å². The maximum atomic E-state index is 12.9. The van der Waals surface area contributed by atoms with E-state index in [-0.39, 0.29) is 28.6 Å². The average Bonchev–Trinajstić information content (AvgIpc) is 3.15. The lowest BCUT2D eigenvalue weighted by atomic mass is 10.1. The van der Waals surface area contributed by atoms with Crippen LogP contribution in [0.25, 0.3) is 6.08 Å². The molecule has 206 valence electrons. The Hall–Kier alpha value is -4.83. The maximum Gasteiger partial charge on any atom is 0.335 e. The van der Waals surface area contributed by atoms with Gasteiger partial charge in [0.25, 0.3) is 5.91 Å². The molecule has 0 aromatic heterocycles. The van der Waals surface area contributed by atoms with Crippen LogP contribution < -0.4 is 20.1 Å². The fourth-order valence-electron chi connectivity index (χ4n) is 3.97. The highest BCUT2D eigenvalue weighted by molar-refractivity contribution is 6.32. The quantitative estimate of drug-likeness (QED) is 0.237. The first-order valence-corrected chi connectivity index (χ1v) is 12.6. The molecule has 0 atom stereocenters. The van der Waals surface area contributed by atoms with E-state index in [1.54, 1.807) is 43.3 Å². The number of anilines is 1. The van der Waals surface area contributed by atoms with E-state index in [9.17, 15) is 24.3 Å². The smallest absolute Gasteiger partial charge is 0.335 e. The Bertz CT molecular complexity index is 1520. The summed E-state index contributed by atoms with van der Waals surface area (Å²) in [6, 6.07) is 15.9. The van der Waals surface area contributed by atoms with Gasteiger partial charge in [-0.05, 0) is 73.0 Å². The third-order valence-corrected chi connectivity index (χ3v) is 6.05. The van der Waals surface area contributed by atoms with Gasteiger partial charge < -0.3 is 25.2 Å². The Morgan fingerprint density at radius 1 is 1.07 bits per heavy atom. The van der Waals surface area contributed by atoms with Gasteiger partial charge in [0.15, 0.2) is 11.5 Å². The molecule has 0 spiro atoms. The molecule has 0 radical (unpaired) electrons. The van der Waals surface area contributed by atoms with Crippen molar-refractivity contribution in [2.24, 2.45) is 0 Å². The standard InChI is InChI=1S/C29H26ClN3O7/c1-3-39-24-14-19(12-22(30)26(24)40-16-18-7-5-8-20(11-18)28(36)37)13-23-27(35)33(29(38)32-23)15-25(34)31-21-9-4-6-17(2)10-21/h4-14H,3,15-16H2,1-2H3,(H,31,34)(H,32,38)(H,36,37)/b23-13+. The zero-order chi connectivity index (χ0) is 28.8. The second-order valence-corrected chi connectivity index (χ2v) is 9.26. The van der Waals surface area contributed by atoms with E-state index in [0.29, 0.717) is 29.2 Å². The van der Waals surface area contributed by atoms with E-state index in [4.69, 9.17) is 21.1 Å². The summed E-state index contributed by atoms with van der Waals surface area (Å²) in [6.45, 7) is 3.53. The third kappa shape index (κ3) is 6.78. The number of nitrogens with one attached hydrogen (secondary N) is 2. The Kier molecular flexibility index (Phi) is 8.70. The number of hydrogen-bond acceptors (Lipinski definition) is 6. The lowest BCUT2D eigenvalue weighted by molar-refractivity contribution is -0.127. The molecular weight excluding hydrogens is 538 g/mol. The number of carbonyl (C=O) groups excluding carboxylic acids is 3. The van der Waals surface area contributed by atoms with Crippen LogP contribution >= 0.6 is 11.6 Å². The van der Waals surface area contributed by atoms with Gasteiger partial charge in [0.1, 0.15) is 18.8 Å². The van der Waals surface area contributed by atoms with E-state index in [1.807, 2.05) is 13.0 Å². The minimum absolute atomic E-state index is 0.0361. The highest BCUT2D eigenvalue weighted by Crippen LogP contribution is 2.38. The number of aryl methyl sites for hydroxylation is 1. The number of carbonyl (C=O) groups is 4. The van der Waals surface area contributed by atoms with Crippen molar-refractivity contribution in [2.75, 3.05) is 18.5 Å². The first-order chi connectivity index (χ1) is 19.1. The predicted octanol–water partition coefficient (Wildman–Crippen LogP) is 4.86. The van der Waals surface area contributed by atoms with Gasteiger partial charge >= 0.3 is 12.0 Å². The van der Waals surface area contributed by atoms with Crippen molar-refractivity contribution in [3.05, 3.63) is 93.6 Å². The van der Waals surface area contributed by atoms with Crippen LogP contribution in [-0.4, -0.2) is 47.0 Å². The minimum Gasteiger partial charge on any atom is -0.490 e. The van der Waals surface area contributed by atoms with Gasteiger partial charge in [-0.2, -0.15) is 0 Å². The summed E-state index contributed by atoms with van der Waals surface area (Å²) in [5.41, 5.74) is 2.67. The molecule has 11 heteroatoms. The fourth-order valence-corrected chi connectivity index (χ4v) is 4.25. The van der Waals surface area contributed by atoms with Crippen molar-refractivity contribution >= 4 is 47.2 Å². The van der Waals surface area contributed by atoms with Crippen LogP contribution in [0.5, 0.6) is 11.5 Å². The first kappa shape index (κ1) is 28.2. The largest absolute Gasteiger partial charge is 0.490 e. The molecule has 10 nitrogen and oxygen atoms in total. The molecule has 4 rings (SSSR count). The summed E-state index contributed by atoms with van der Waals surface area (Å²) < 4.78 is 11.6. The molecule has 1 saturated heterocycles. The van der Waals surface area contributed by atoms with E-state index in [0.717, 1.165) is 10.5 Å². The molecule has 1 aliphatic heterocycles. The number of amides is 4. The molecule has 3 N–H and O–H groups in total. The SMILES string of the molecule is CCOc1cc(/C=C2/NC(=O)N(CC(=O)Nc3cccc(C)c3)C2=O)cc(Cl)c1OCc1cccc(C(=O)O)c1. The second-order valence-electron chi connectivity index (χ2n) is 8.85. The van der Waals surface area contributed by atoms with Gasteiger partial charge in [-0.25, -0.2) is 14.5 Å². The Labute approximate surface area is 235 Å². The number of hydrogen-bond donors (Lipinski definition) is 3. The number of halogens is 1. The van der Waals surface area contributed by atoms with Gasteiger partial charge in [-0.1, -0.05) is 35.9 Å². The van der Waals surface area contributed by atoms with Crippen molar-refractivity contribution in [2.45, 2.75) is 20.5 Å². The van der Waals surface area contributed by atoms with Crippen LogP contribution in [0.1, 0.15) is 34.0 Å². The normalized spacial score (nSPS) is 13.8. The van der Waals surface area contributed by atoms with Gasteiger partial charge in [-0.15, -0.1) is 0 Å². The first-order valence-electron chi connectivity index (χ1n) is 12.3. The molecule has 1 fully saturated rings. The van der Waals surface area contributed by atoms with E-state index >= 15 is 0 Å². The Morgan fingerprint density at radius 2 is 1.85 bits per heavy atom. The van der Waals surface area contributed by atoms with Crippen LogP contribution in [0.3, 0.4) is 0 Å². The maximum absolute atomic E-state index is 12.9. The van der Waals surface area contributed by atoms with Crippen molar-refractivity contribution in [3.63, 3.8) is 0 Å². The fraction of sp³-hybridized carbons (Fsp3) is 0.172. The molecular formula is C29H26ClN3O7. The molecule has 0 saturated carbocycles. The number of rotatable bonds is 10.